The van der Waals surface area contributed by atoms with Crippen molar-refractivity contribution in [2.24, 2.45) is 28.9 Å². The number of amides is 2. The summed E-state index contributed by atoms with van der Waals surface area (Å²) in [5, 5.41) is 13.6. The lowest BCUT2D eigenvalue weighted by Gasteiger charge is -2.55. The van der Waals surface area contributed by atoms with E-state index in [0.717, 1.165) is 19.3 Å². The van der Waals surface area contributed by atoms with Gasteiger partial charge < -0.3 is 21.0 Å². The molecule has 0 spiro atoms. The van der Waals surface area contributed by atoms with E-state index in [1.54, 1.807) is 0 Å². The highest BCUT2D eigenvalue weighted by Crippen LogP contribution is 2.60. The Morgan fingerprint density at radius 2 is 1.57 bits per heavy atom. The minimum Gasteiger partial charge on any atom is -0.548 e. The standard InChI is InChI=1S/C15H22N2O4/c16-12(18)4-11(13(19)20)17-14(21)15-5-8-1-9(6-15)3-10(2-8)7-15/h8-11H,1-7H2,(H2,16,18)(H,17,21)(H,19,20)/p-1/t8?,9?,10?,11-,15?/m1/s1. The van der Waals surface area contributed by atoms with Gasteiger partial charge in [0.25, 0.3) is 0 Å². The van der Waals surface area contributed by atoms with Crippen LogP contribution < -0.4 is 16.2 Å². The zero-order chi connectivity index (χ0) is 15.2. The van der Waals surface area contributed by atoms with Crippen molar-refractivity contribution >= 4 is 17.8 Å². The van der Waals surface area contributed by atoms with Crippen LogP contribution in [0, 0.1) is 23.2 Å². The number of carboxylic acid groups (broad SMARTS) is 1. The van der Waals surface area contributed by atoms with Crippen molar-refractivity contribution in [3.8, 4) is 0 Å². The Bertz CT molecular complexity index is 453. The number of nitrogens with two attached hydrogens (primary N) is 1. The fourth-order valence-electron chi connectivity index (χ4n) is 5.09. The molecule has 1 atom stereocenters. The summed E-state index contributed by atoms with van der Waals surface area (Å²) in [6.45, 7) is 0. The number of hydrogen-bond donors (Lipinski definition) is 2. The van der Waals surface area contributed by atoms with Gasteiger partial charge in [0.1, 0.15) is 0 Å². The van der Waals surface area contributed by atoms with Gasteiger partial charge in [0, 0.05) is 5.41 Å². The van der Waals surface area contributed by atoms with E-state index in [9.17, 15) is 19.5 Å². The van der Waals surface area contributed by atoms with Crippen LogP contribution in [0.5, 0.6) is 0 Å². The average molecular weight is 293 g/mol. The van der Waals surface area contributed by atoms with E-state index in [1.807, 2.05) is 0 Å². The second kappa shape index (κ2) is 5.00. The van der Waals surface area contributed by atoms with E-state index in [4.69, 9.17) is 5.73 Å². The molecule has 4 bridgehead atoms. The van der Waals surface area contributed by atoms with Gasteiger partial charge in [0.05, 0.1) is 18.4 Å². The number of rotatable bonds is 5. The van der Waals surface area contributed by atoms with Crippen LogP contribution in [0.3, 0.4) is 0 Å². The van der Waals surface area contributed by atoms with Gasteiger partial charge in [-0.15, -0.1) is 0 Å². The van der Waals surface area contributed by atoms with Crippen molar-refractivity contribution < 1.29 is 19.5 Å². The molecular weight excluding hydrogens is 272 g/mol. The molecule has 0 heterocycles. The molecule has 0 aliphatic heterocycles. The number of nitrogens with one attached hydrogen (secondary N) is 1. The van der Waals surface area contributed by atoms with Crippen LogP contribution in [0.25, 0.3) is 0 Å². The summed E-state index contributed by atoms with van der Waals surface area (Å²) < 4.78 is 0. The molecule has 0 unspecified atom stereocenters. The number of carbonyl (C=O) groups is 3. The molecule has 116 valence electrons. The highest BCUT2D eigenvalue weighted by molar-refractivity contribution is 5.90. The van der Waals surface area contributed by atoms with E-state index in [1.165, 1.54) is 19.3 Å². The van der Waals surface area contributed by atoms with Gasteiger partial charge in [-0.3, -0.25) is 9.59 Å². The first-order chi connectivity index (χ1) is 9.88. The fourth-order valence-corrected chi connectivity index (χ4v) is 5.09. The maximum Gasteiger partial charge on any atom is 0.226 e. The summed E-state index contributed by atoms with van der Waals surface area (Å²) in [4.78, 5) is 34.6. The minimum atomic E-state index is -1.45. The third-order valence-electron chi connectivity index (χ3n) is 5.52. The molecule has 0 radical (unpaired) electrons. The van der Waals surface area contributed by atoms with Crippen LogP contribution in [0.1, 0.15) is 44.9 Å². The van der Waals surface area contributed by atoms with Crippen LogP contribution in [-0.2, 0) is 14.4 Å². The van der Waals surface area contributed by atoms with E-state index < -0.39 is 29.8 Å². The van der Waals surface area contributed by atoms with Gasteiger partial charge >= 0.3 is 0 Å². The molecule has 21 heavy (non-hydrogen) atoms. The van der Waals surface area contributed by atoms with Gasteiger partial charge in [-0.05, 0) is 56.3 Å². The average Bonchev–Trinajstić information content (AvgIpc) is 2.35. The molecule has 3 N–H and O–H groups in total. The largest absolute Gasteiger partial charge is 0.548 e. The Balaban J connectivity index is 1.72. The number of aliphatic carboxylic acids is 1. The summed E-state index contributed by atoms with van der Waals surface area (Å²) in [6.07, 6.45) is 5.75. The molecule has 4 aliphatic rings. The Morgan fingerprint density at radius 3 is 1.95 bits per heavy atom. The molecule has 4 saturated carbocycles. The second-order valence-corrected chi connectivity index (χ2v) is 7.21. The van der Waals surface area contributed by atoms with Crippen LogP contribution in [0.15, 0.2) is 0 Å². The molecule has 6 heteroatoms. The molecule has 2 amide bonds. The lowest BCUT2D eigenvalue weighted by atomic mass is 9.49. The summed E-state index contributed by atoms with van der Waals surface area (Å²) in [6, 6.07) is -1.32. The molecule has 4 fully saturated rings. The minimum absolute atomic E-state index is 0.225. The molecule has 4 aliphatic carbocycles. The van der Waals surface area contributed by atoms with E-state index in [0.29, 0.717) is 17.8 Å². The van der Waals surface area contributed by atoms with E-state index in [2.05, 4.69) is 5.32 Å². The Labute approximate surface area is 123 Å². The maximum atomic E-state index is 12.6. The van der Waals surface area contributed by atoms with Gasteiger partial charge in [0.2, 0.25) is 11.8 Å². The number of primary amides is 1. The topological polar surface area (TPSA) is 112 Å². The molecule has 0 saturated heterocycles. The number of carboxylic acids is 1. The van der Waals surface area contributed by atoms with Gasteiger partial charge in [0.15, 0.2) is 0 Å². The molecular formula is C15H21N2O4-. The zero-order valence-electron chi connectivity index (χ0n) is 12.0. The van der Waals surface area contributed by atoms with Crippen molar-refractivity contribution in [3.05, 3.63) is 0 Å². The quantitative estimate of drug-likeness (QED) is 0.698. The lowest BCUT2D eigenvalue weighted by Crippen LogP contribution is -2.58. The predicted molar refractivity (Wildman–Crippen MR) is 71.4 cm³/mol. The molecule has 0 aromatic rings. The van der Waals surface area contributed by atoms with Crippen LogP contribution in [0.2, 0.25) is 0 Å². The predicted octanol–water partition coefficient (Wildman–Crippen LogP) is -0.687. The molecule has 4 rings (SSSR count). The van der Waals surface area contributed by atoms with Crippen LogP contribution in [-0.4, -0.2) is 23.8 Å². The highest BCUT2D eigenvalue weighted by Gasteiger charge is 2.54. The Hall–Kier alpha value is -1.59. The monoisotopic (exact) mass is 293 g/mol. The van der Waals surface area contributed by atoms with Crippen LogP contribution in [0.4, 0.5) is 0 Å². The number of carbonyl (C=O) groups excluding carboxylic acids is 3. The van der Waals surface area contributed by atoms with Crippen molar-refractivity contribution in [2.75, 3.05) is 0 Å². The lowest BCUT2D eigenvalue weighted by molar-refractivity contribution is -0.308. The summed E-state index contributed by atoms with van der Waals surface area (Å²) in [7, 11) is 0. The van der Waals surface area contributed by atoms with Crippen LogP contribution >= 0.6 is 0 Å². The SMILES string of the molecule is NC(=O)C[C@@H](NC(=O)C12CC3CC(CC(C3)C1)C2)C(=O)[O-]. The van der Waals surface area contributed by atoms with Crippen molar-refractivity contribution in [1.82, 2.24) is 5.32 Å². The fraction of sp³-hybridized carbons (Fsp3) is 0.800. The van der Waals surface area contributed by atoms with Gasteiger partial charge in [-0.1, -0.05) is 0 Å². The zero-order valence-corrected chi connectivity index (χ0v) is 12.0. The third kappa shape index (κ3) is 2.63. The van der Waals surface area contributed by atoms with E-state index >= 15 is 0 Å². The summed E-state index contributed by atoms with van der Waals surface area (Å²) >= 11 is 0. The van der Waals surface area contributed by atoms with Crippen molar-refractivity contribution in [1.29, 1.82) is 0 Å². The Morgan fingerprint density at radius 1 is 1.10 bits per heavy atom. The van der Waals surface area contributed by atoms with Gasteiger partial charge in [-0.25, -0.2) is 0 Å². The summed E-state index contributed by atoms with van der Waals surface area (Å²) in [5.41, 5.74) is 4.60. The van der Waals surface area contributed by atoms with Crippen molar-refractivity contribution in [2.45, 2.75) is 51.0 Å². The smallest absolute Gasteiger partial charge is 0.226 e. The second-order valence-electron chi connectivity index (χ2n) is 7.21. The van der Waals surface area contributed by atoms with E-state index in [-0.39, 0.29) is 5.91 Å². The molecule has 0 aromatic heterocycles. The first-order valence-electron chi connectivity index (χ1n) is 7.68. The third-order valence-corrected chi connectivity index (χ3v) is 5.52. The maximum absolute atomic E-state index is 12.6. The van der Waals surface area contributed by atoms with Gasteiger partial charge in [-0.2, -0.15) is 0 Å². The first kappa shape index (κ1) is 14.4. The van der Waals surface area contributed by atoms with Crippen molar-refractivity contribution in [3.63, 3.8) is 0 Å². The highest BCUT2D eigenvalue weighted by atomic mass is 16.4. The normalized spacial score (nSPS) is 38.0. The molecule has 6 nitrogen and oxygen atoms in total. The summed E-state index contributed by atoms with van der Waals surface area (Å²) in [5.74, 6) is -0.641. The first-order valence-corrected chi connectivity index (χ1v) is 7.68. The Kier molecular flexibility index (Phi) is 3.42. The molecule has 0 aromatic carbocycles. The number of hydrogen-bond acceptors (Lipinski definition) is 4.